The van der Waals surface area contributed by atoms with Crippen LogP contribution in [0.4, 0.5) is 0 Å². The predicted molar refractivity (Wildman–Crippen MR) is 89.8 cm³/mol. The number of hydrogen-bond donors (Lipinski definition) is 0. The molecule has 0 radical (unpaired) electrons. The van der Waals surface area contributed by atoms with Crippen LogP contribution in [-0.2, 0) is 0 Å². The van der Waals surface area contributed by atoms with Gasteiger partial charge >= 0.3 is 0 Å². The number of carbonyl (C=O) groups is 1. The highest BCUT2D eigenvalue weighted by Crippen LogP contribution is 2.29. The van der Waals surface area contributed by atoms with Crippen molar-refractivity contribution in [2.45, 2.75) is 20.8 Å². The van der Waals surface area contributed by atoms with Crippen LogP contribution >= 0.6 is 22.6 Å². The molecule has 0 aliphatic heterocycles. The summed E-state index contributed by atoms with van der Waals surface area (Å²) in [5.41, 5.74) is 4.54. The fraction of sp³-hybridized carbons (Fsp3) is 0.235. The third-order valence-corrected chi connectivity index (χ3v) is 4.76. The Morgan fingerprint density at radius 1 is 1.10 bits per heavy atom. The van der Waals surface area contributed by atoms with Gasteiger partial charge in [0.25, 0.3) is 0 Å². The molecule has 0 aromatic heterocycles. The molecule has 104 valence electrons. The van der Waals surface area contributed by atoms with Crippen molar-refractivity contribution in [2.24, 2.45) is 0 Å². The van der Waals surface area contributed by atoms with Gasteiger partial charge in [0.1, 0.15) is 5.75 Å². The first kappa shape index (κ1) is 15.0. The van der Waals surface area contributed by atoms with Gasteiger partial charge in [-0.3, -0.25) is 4.79 Å². The van der Waals surface area contributed by atoms with Gasteiger partial charge in [0, 0.05) is 9.13 Å². The molecule has 0 atom stereocenters. The molecule has 0 N–H and O–H groups in total. The van der Waals surface area contributed by atoms with Gasteiger partial charge in [-0.2, -0.15) is 0 Å². The van der Waals surface area contributed by atoms with Crippen LogP contribution in [0.2, 0.25) is 0 Å². The van der Waals surface area contributed by atoms with Crippen molar-refractivity contribution in [1.82, 2.24) is 0 Å². The molecule has 0 bridgehead atoms. The molecule has 0 amide bonds. The minimum atomic E-state index is 0.0208. The third kappa shape index (κ3) is 2.73. The Morgan fingerprint density at radius 3 is 2.45 bits per heavy atom. The van der Waals surface area contributed by atoms with Crippen LogP contribution in [-0.4, -0.2) is 12.9 Å². The first-order valence-electron chi connectivity index (χ1n) is 6.40. The summed E-state index contributed by atoms with van der Waals surface area (Å²) in [5.74, 6) is 0.664. The van der Waals surface area contributed by atoms with Crippen molar-refractivity contribution < 1.29 is 9.53 Å². The van der Waals surface area contributed by atoms with Gasteiger partial charge in [0.15, 0.2) is 5.78 Å². The second kappa shape index (κ2) is 5.95. The van der Waals surface area contributed by atoms with Crippen molar-refractivity contribution in [3.63, 3.8) is 0 Å². The Morgan fingerprint density at radius 2 is 1.80 bits per heavy atom. The topological polar surface area (TPSA) is 26.3 Å². The molecule has 2 nitrogen and oxygen atoms in total. The Hall–Kier alpha value is -1.36. The smallest absolute Gasteiger partial charge is 0.198 e. The van der Waals surface area contributed by atoms with Crippen LogP contribution in [0, 0.1) is 24.3 Å². The third-order valence-electron chi connectivity index (χ3n) is 3.33. The summed E-state index contributed by atoms with van der Waals surface area (Å²) in [6.45, 7) is 5.96. The van der Waals surface area contributed by atoms with Crippen LogP contribution in [0.25, 0.3) is 0 Å². The zero-order chi connectivity index (χ0) is 14.9. The van der Waals surface area contributed by atoms with E-state index in [1.807, 2.05) is 51.1 Å². The molecule has 0 fully saturated rings. The minimum absolute atomic E-state index is 0.0208. The van der Waals surface area contributed by atoms with Gasteiger partial charge < -0.3 is 4.74 Å². The van der Waals surface area contributed by atoms with Crippen molar-refractivity contribution in [3.05, 3.63) is 61.7 Å². The molecule has 0 unspecified atom stereocenters. The highest BCUT2D eigenvalue weighted by molar-refractivity contribution is 14.1. The minimum Gasteiger partial charge on any atom is -0.496 e. The van der Waals surface area contributed by atoms with E-state index >= 15 is 0 Å². The van der Waals surface area contributed by atoms with E-state index in [-0.39, 0.29) is 5.78 Å². The maximum atomic E-state index is 12.8. The summed E-state index contributed by atoms with van der Waals surface area (Å²) >= 11 is 2.23. The van der Waals surface area contributed by atoms with E-state index in [1.54, 1.807) is 7.11 Å². The molecule has 0 heterocycles. The number of ether oxygens (including phenoxy) is 1. The number of aryl methyl sites for hydroxylation is 3. The summed E-state index contributed by atoms with van der Waals surface area (Å²) < 4.78 is 6.39. The van der Waals surface area contributed by atoms with E-state index in [2.05, 4.69) is 22.6 Å². The van der Waals surface area contributed by atoms with Gasteiger partial charge in [0.2, 0.25) is 0 Å². The number of rotatable bonds is 3. The summed E-state index contributed by atoms with van der Waals surface area (Å²) in [6, 6.07) is 9.72. The highest BCUT2D eigenvalue weighted by atomic mass is 127. The second-order valence-electron chi connectivity index (χ2n) is 4.92. The second-order valence-corrected chi connectivity index (χ2v) is 6.00. The van der Waals surface area contributed by atoms with Crippen LogP contribution in [0.5, 0.6) is 5.75 Å². The number of hydrogen-bond acceptors (Lipinski definition) is 2. The molecule has 0 saturated heterocycles. The zero-order valence-corrected chi connectivity index (χ0v) is 14.2. The molecule has 20 heavy (non-hydrogen) atoms. The van der Waals surface area contributed by atoms with Crippen molar-refractivity contribution in [3.8, 4) is 5.75 Å². The SMILES string of the molecule is COc1cc(C)cc(C)c1C(=O)c1cccc(C)c1I. The summed E-state index contributed by atoms with van der Waals surface area (Å²) in [6.07, 6.45) is 0. The van der Waals surface area contributed by atoms with Gasteiger partial charge in [0.05, 0.1) is 12.7 Å². The van der Waals surface area contributed by atoms with Gasteiger partial charge in [-0.25, -0.2) is 0 Å². The lowest BCUT2D eigenvalue weighted by atomic mass is 9.95. The Labute approximate surface area is 133 Å². The molecule has 0 aliphatic carbocycles. The average Bonchev–Trinajstić information content (AvgIpc) is 2.40. The molecule has 0 saturated carbocycles. The van der Waals surface area contributed by atoms with Gasteiger partial charge in [-0.1, -0.05) is 18.2 Å². The van der Waals surface area contributed by atoms with Gasteiger partial charge in [-0.15, -0.1) is 0 Å². The van der Waals surface area contributed by atoms with Crippen molar-refractivity contribution in [1.29, 1.82) is 0 Å². The zero-order valence-electron chi connectivity index (χ0n) is 12.1. The first-order chi connectivity index (χ1) is 9.45. The van der Waals surface area contributed by atoms with Gasteiger partial charge in [-0.05, 0) is 72.2 Å². The molecule has 0 spiro atoms. The van der Waals surface area contributed by atoms with Crippen LogP contribution in [0.3, 0.4) is 0 Å². The van der Waals surface area contributed by atoms with E-state index in [0.717, 1.165) is 25.8 Å². The Bertz CT molecular complexity index is 675. The van der Waals surface area contributed by atoms with E-state index < -0.39 is 0 Å². The van der Waals surface area contributed by atoms with E-state index in [0.29, 0.717) is 11.3 Å². The predicted octanol–water partition coefficient (Wildman–Crippen LogP) is 4.46. The van der Waals surface area contributed by atoms with Crippen LogP contribution in [0.15, 0.2) is 30.3 Å². The standard InChI is InChI=1S/C17H17IO2/c1-10-8-12(3)15(14(9-10)20-4)17(19)13-7-5-6-11(2)16(13)18/h5-9H,1-4H3. The highest BCUT2D eigenvalue weighted by Gasteiger charge is 2.20. The molecule has 2 rings (SSSR count). The molecule has 0 aliphatic rings. The molecule has 2 aromatic carbocycles. The fourth-order valence-corrected chi connectivity index (χ4v) is 2.94. The fourth-order valence-electron chi connectivity index (χ4n) is 2.34. The molecular weight excluding hydrogens is 363 g/mol. The first-order valence-corrected chi connectivity index (χ1v) is 7.48. The van der Waals surface area contributed by atoms with Crippen molar-refractivity contribution in [2.75, 3.05) is 7.11 Å². The number of benzene rings is 2. The molecule has 2 aromatic rings. The number of halogens is 1. The largest absolute Gasteiger partial charge is 0.496 e. The Balaban J connectivity index is 2.62. The van der Waals surface area contributed by atoms with E-state index in [1.165, 1.54) is 0 Å². The maximum Gasteiger partial charge on any atom is 0.198 e. The normalized spacial score (nSPS) is 10.4. The Kier molecular flexibility index (Phi) is 4.48. The van der Waals surface area contributed by atoms with E-state index in [9.17, 15) is 4.79 Å². The number of carbonyl (C=O) groups excluding carboxylic acids is 1. The molecular formula is C17H17IO2. The van der Waals surface area contributed by atoms with Crippen molar-refractivity contribution >= 4 is 28.4 Å². The summed E-state index contributed by atoms with van der Waals surface area (Å²) in [4.78, 5) is 12.8. The summed E-state index contributed by atoms with van der Waals surface area (Å²) in [5, 5.41) is 0. The number of ketones is 1. The number of methoxy groups -OCH3 is 1. The lowest BCUT2D eigenvalue weighted by Gasteiger charge is -2.13. The quantitative estimate of drug-likeness (QED) is 0.581. The average molecular weight is 380 g/mol. The lowest BCUT2D eigenvalue weighted by Crippen LogP contribution is -2.09. The van der Waals surface area contributed by atoms with E-state index in [4.69, 9.17) is 4.74 Å². The monoisotopic (exact) mass is 380 g/mol. The van der Waals surface area contributed by atoms with Crippen LogP contribution < -0.4 is 4.74 Å². The maximum absolute atomic E-state index is 12.8. The molecule has 3 heteroatoms. The lowest BCUT2D eigenvalue weighted by molar-refractivity contribution is 0.103. The summed E-state index contributed by atoms with van der Waals surface area (Å²) in [7, 11) is 1.60. The van der Waals surface area contributed by atoms with Crippen LogP contribution in [0.1, 0.15) is 32.6 Å².